The maximum absolute atomic E-state index is 15.3. The Morgan fingerprint density at radius 1 is 0.711 bits per heavy atom. The molecule has 4 aromatic carbocycles. The van der Waals surface area contributed by atoms with E-state index in [1.54, 1.807) is 18.2 Å². The quantitative estimate of drug-likeness (QED) is 0.0720. The SMILES string of the molecule is CC(C)NC(=N)c1ccc2nc(-c3ccc(Oc4ccc(-c5nc6ccc(C(=N)NC(C)C)cc6[nH]5)c(Br)c4)cc3F)[nH]c2c1. The van der Waals surface area contributed by atoms with Gasteiger partial charge >= 0.3 is 0 Å². The van der Waals surface area contributed by atoms with Crippen molar-refractivity contribution in [3.63, 3.8) is 0 Å². The molecule has 0 aliphatic carbocycles. The second-order valence-corrected chi connectivity index (χ2v) is 12.2. The number of nitrogens with one attached hydrogen (secondary N) is 6. The second kappa shape index (κ2) is 12.2. The average Bonchev–Trinajstić information content (AvgIpc) is 3.60. The van der Waals surface area contributed by atoms with E-state index >= 15 is 4.39 Å². The van der Waals surface area contributed by atoms with E-state index in [9.17, 15) is 0 Å². The average molecular weight is 668 g/mol. The van der Waals surface area contributed by atoms with Gasteiger partial charge in [-0.05, 0) is 110 Å². The molecule has 0 saturated heterocycles. The fraction of sp³-hybridized carbons (Fsp3) is 0.176. The Morgan fingerprint density at radius 2 is 1.20 bits per heavy atom. The molecule has 2 aromatic heterocycles. The number of hydrogen-bond acceptors (Lipinski definition) is 5. The lowest BCUT2D eigenvalue weighted by molar-refractivity contribution is 0.477. The fourth-order valence-electron chi connectivity index (χ4n) is 4.97. The number of benzene rings is 4. The molecule has 9 nitrogen and oxygen atoms in total. The molecule has 228 valence electrons. The van der Waals surface area contributed by atoms with Gasteiger partial charge in [-0.2, -0.15) is 0 Å². The highest BCUT2D eigenvalue weighted by Gasteiger charge is 2.15. The normalized spacial score (nSPS) is 11.5. The van der Waals surface area contributed by atoms with E-state index in [1.165, 1.54) is 6.07 Å². The number of hydrogen-bond donors (Lipinski definition) is 6. The first-order valence-electron chi connectivity index (χ1n) is 14.5. The van der Waals surface area contributed by atoms with Crippen LogP contribution in [-0.4, -0.2) is 43.7 Å². The molecule has 0 spiro atoms. The smallest absolute Gasteiger partial charge is 0.141 e. The molecule has 0 radical (unpaired) electrons. The van der Waals surface area contributed by atoms with Gasteiger partial charge in [0, 0.05) is 39.3 Å². The van der Waals surface area contributed by atoms with Crippen LogP contribution in [0.3, 0.4) is 0 Å². The van der Waals surface area contributed by atoms with Crippen LogP contribution in [0.4, 0.5) is 4.39 Å². The van der Waals surface area contributed by atoms with Gasteiger partial charge in [0.1, 0.15) is 40.6 Å². The van der Waals surface area contributed by atoms with Crippen molar-refractivity contribution in [2.75, 3.05) is 0 Å². The van der Waals surface area contributed by atoms with E-state index in [2.05, 4.69) is 41.5 Å². The number of fused-ring (bicyclic) bond motifs is 2. The summed E-state index contributed by atoms with van der Waals surface area (Å²) in [7, 11) is 0. The van der Waals surface area contributed by atoms with Crippen molar-refractivity contribution in [2.24, 2.45) is 0 Å². The number of aromatic nitrogens is 4. The molecule has 0 atom stereocenters. The van der Waals surface area contributed by atoms with Crippen LogP contribution in [0.25, 0.3) is 44.8 Å². The van der Waals surface area contributed by atoms with E-state index in [1.807, 2.05) is 76.2 Å². The lowest BCUT2D eigenvalue weighted by Gasteiger charge is -2.10. The first kappa shape index (κ1) is 30.0. The van der Waals surface area contributed by atoms with E-state index in [0.717, 1.165) is 37.7 Å². The van der Waals surface area contributed by atoms with Crippen molar-refractivity contribution < 1.29 is 9.13 Å². The third kappa shape index (κ3) is 6.44. The predicted molar refractivity (Wildman–Crippen MR) is 181 cm³/mol. The van der Waals surface area contributed by atoms with Crippen LogP contribution >= 0.6 is 15.9 Å². The van der Waals surface area contributed by atoms with Crippen LogP contribution in [0.15, 0.2) is 77.3 Å². The molecule has 6 N–H and O–H groups in total. The molecule has 6 rings (SSSR count). The molecule has 6 aromatic rings. The Labute approximate surface area is 267 Å². The fourth-order valence-corrected chi connectivity index (χ4v) is 5.51. The standard InChI is InChI=1S/C34H32BrFN8O/c1-17(2)39-31(37)19-5-11-27-29(13-19)43-33(41-27)23-9-7-21(15-25(23)35)45-22-8-10-24(26(36)16-22)34-42-28-12-6-20(14-30(28)44-34)32(38)40-18(3)4/h5-18H,1-4H3,(H2,37,39)(H2,38,40)(H,41,43)(H,42,44). The first-order valence-corrected chi connectivity index (χ1v) is 15.3. The highest BCUT2D eigenvalue weighted by molar-refractivity contribution is 9.10. The summed E-state index contributed by atoms with van der Waals surface area (Å²) >= 11 is 3.63. The van der Waals surface area contributed by atoms with Crippen LogP contribution in [-0.2, 0) is 0 Å². The van der Waals surface area contributed by atoms with Crippen molar-refractivity contribution in [3.05, 3.63) is 94.2 Å². The summed E-state index contributed by atoms with van der Waals surface area (Å²) in [6, 6.07) is 21.6. The summed E-state index contributed by atoms with van der Waals surface area (Å²) in [5.74, 6) is 2.14. The Balaban J connectivity index is 1.19. The molecular formula is C34H32BrFN8O. The van der Waals surface area contributed by atoms with Gasteiger partial charge in [0.25, 0.3) is 0 Å². The van der Waals surface area contributed by atoms with Crippen molar-refractivity contribution in [2.45, 2.75) is 39.8 Å². The van der Waals surface area contributed by atoms with Gasteiger partial charge in [-0.25, -0.2) is 14.4 Å². The lowest BCUT2D eigenvalue weighted by Crippen LogP contribution is -2.30. The van der Waals surface area contributed by atoms with E-state index in [0.29, 0.717) is 45.9 Å². The molecule has 0 amide bonds. The minimum Gasteiger partial charge on any atom is -0.457 e. The van der Waals surface area contributed by atoms with E-state index in [4.69, 9.17) is 20.5 Å². The summed E-state index contributed by atoms with van der Waals surface area (Å²) in [4.78, 5) is 15.8. The molecule has 2 heterocycles. The molecule has 11 heteroatoms. The Hall–Kier alpha value is -5.03. The lowest BCUT2D eigenvalue weighted by atomic mass is 10.1. The summed E-state index contributed by atoms with van der Waals surface area (Å²) in [5, 5.41) is 22.7. The monoisotopic (exact) mass is 666 g/mol. The number of rotatable bonds is 8. The van der Waals surface area contributed by atoms with Crippen molar-refractivity contribution in [1.29, 1.82) is 10.8 Å². The number of ether oxygens (including phenoxy) is 1. The minimum absolute atomic E-state index is 0.139. The molecule has 0 aliphatic rings. The Bertz CT molecular complexity index is 1930. The topological polar surface area (TPSA) is 138 Å². The molecule has 0 saturated carbocycles. The van der Waals surface area contributed by atoms with Gasteiger partial charge in [-0.1, -0.05) is 0 Å². The maximum Gasteiger partial charge on any atom is 0.141 e. The largest absolute Gasteiger partial charge is 0.457 e. The van der Waals surface area contributed by atoms with Crippen LogP contribution < -0.4 is 15.4 Å². The third-order valence-corrected chi connectivity index (χ3v) is 7.69. The van der Waals surface area contributed by atoms with E-state index < -0.39 is 5.82 Å². The maximum atomic E-state index is 15.3. The molecular weight excluding hydrogens is 635 g/mol. The van der Waals surface area contributed by atoms with E-state index in [-0.39, 0.29) is 12.1 Å². The molecule has 0 bridgehead atoms. The number of halogens is 2. The Kier molecular flexibility index (Phi) is 8.11. The molecule has 0 fully saturated rings. The van der Waals surface area contributed by atoms with Crippen LogP contribution in [0.1, 0.15) is 38.8 Å². The number of aromatic amines is 2. The molecule has 0 aliphatic heterocycles. The van der Waals surface area contributed by atoms with Gasteiger partial charge in [-0.3, -0.25) is 10.8 Å². The molecule has 0 unspecified atom stereocenters. The van der Waals surface area contributed by atoms with Gasteiger partial charge in [0.2, 0.25) is 0 Å². The van der Waals surface area contributed by atoms with Crippen LogP contribution in [0, 0.1) is 16.6 Å². The summed E-state index contributed by atoms with van der Waals surface area (Å²) in [6.07, 6.45) is 0. The highest BCUT2D eigenvalue weighted by atomic mass is 79.9. The van der Waals surface area contributed by atoms with Gasteiger partial charge in [0.15, 0.2) is 0 Å². The third-order valence-electron chi connectivity index (χ3n) is 7.03. The Morgan fingerprint density at radius 3 is 1.69 bits per heavy atom. The number of amidine groups is 2. The predicted octanol–water partition coefficient (Wildman–Crippen LogP) is 8.11. The molecule has 45 heavy (non-hydrogen) atoms. The summed E-state index contributed by atoms with van der Waals surface area (Å²) < 4.78 is 22.0. The van der Waals surface area contributed by atoms with Gasteiger partial charge in [-0.15, -0.1) is 0 Å². The first-order chi connectivity index (χ1) is 21.5. The van der Waals surface area contributed by atoms with Crippen molar-refractivity contribution >= 4 is 49.7 Å². The summed E-state index contributed by atoms with van der Waals surface area (Å²) in [5.41, 5.74) is 5.67. The van der Waals surface area contributed by atoms with Gasteiger partial charge < -0.3 is 25.3 Å². The second-order valence-electron chi connectivity index (χ2n) is 11.4. The number of nitrogens with zero attached hydrogens (tertiary/aromatic N) is 2. The van der Waals surface area contributed by atoms with Crippen molar-refractivity contribution in [1.82, 2.24) is 30.6 Å². The minimum atomic E-state index is -0.477. The zero-order valence-electron chi connectivity index (χ0n) is 25.1. The van der Waals surface area contributed by atoms with Crippen molar-refractivity contribution in [3.8, 4) is 34.3 Å². The zero-order valence-corrected chi connectivity index (χ0v) is 26.7. The summed E-state index contributed by atoms with van der Waals surface area (Å²) in [6.45, 7) is 7.95. The number of imidazole rings is 2. The van der Waals surface area contributed by atoms with Crippen LogP contribution in [0.2, 0.25) is 0 Å². The van der Waals surface area contributed by atoms with Gasteiger partial charge in [0.05, 0.1) is 27.6 Å². The highest BCUT2D eigenvalue weighted by Crippen LogP contribution is 2.34. The zero-order chi connectivity index (χ0) is 31.8. The van der Waals surface area contributed by atoms with Crippen LogP contribution in [0.5, 0.6) is 11.5 Å². The number of H-pyrrole nitrogens is 2.